The lowest BCUT2D eigenvalue weighted by molar-refractivity contribution is 0.0995. The van der Waals surface area contributed by atoms with E-state index in [1.807, 2.05) is 0 Å². The molecule has 30 heavy (non-hydrogen) atoms. The maximum absolute atomic E-state index is 14.3. The number of nitrogens with two attached hydrogens (primary N) is 1. The number of hydrogen-bond donors (Lipinski definition) is 1. The van der Waals surface area contributed by atoms with E-state index in [1.54, 1.807) is 12.3 Å². The Morgan fingerprint density at radius 2 is 1.87 bits per heavy atom. The van der Waals surface area contributed by atoms with Crippen molar-refractivity contribution in [2.75, 3.05) is 0 Å². The Kier molecular flexibility index (Phi) is 3.81. The molecule has 3 aromatic rings. The number of hydrogen-bond acceptors (Lipinski definition) is 5. The maximum Gasteiger partial charge on any atom is 0.268 e. The first-order chi connectivity index (χ1) is 14.3. The largest absolute Gasteiger partial charge is 0.364 e. The third kappa shape index (κ3) is 2.24. The van der Waals surface area contributed by atoms with E-state index in [-0.39, 0.29) is 28.3 Å². The number of fused-ring (bicyclic) bond motifs is 5. The number of amides is 1. The molecule has 5 rings (SSSR count). The van der Waals surface area contributed by atoms with Crippen molar-refractivity contribution >= 4 is 5.91 Å². The quantitative estimate of drug-likeness (QED) is 0.717. The summed E-state index contributed by atoms with van der Waals surface area (Å²) in [5.74, 6) is -1.85. The summed E-state index contributed by atoms with van der Waals surface area (Å²) in [6, 6.07) is 5.49. The molecule has 2 aliphatic carbocycles. The van der Waals surface area contributed by atoms with Crippen LogP contribution in [0.2, 0.25) is 0 Å². The summed E-state index contributed by atoms with van der Waals surface area (Å²) in [5.41, 5.74) is 6.96. The van der Waals surface area contributed by atoms with Crippen LogP contribution in [0.15, 0.2) is 36.7 Å². The fourth-order valence-electron chi connectivity index (χ4n) is 5.43. The van der Waals surface area contributed by atoms with Gasteiger partial charge in [-0.1, -0.05) is 19.9 Å². The highest BCUT2D eigenvalue weighted by atomic mass is 19.1. The predicted octanol–water partition coefficient (Wildman–Crippen LogP) is 3.51. The van der Waals surface area contributed by atoms with Crippen LogP contribution in [0.5, 0.6) is 0 Å². The van der Waals surface area contributed by atoms with Crippen molar-refractivity contribution in [3.63, 3.8) is 0 Å². The second-order valence-corrected chi connectivity index (χ2v) is 8.50. The number of nitrogens with zero attached hydrogens (tertiary/aromatic N) is 4. The molecule has 1 saturated carbocycles. The Morgan fingerprint density at radius 1 is 1.13 bits per heavy atom. The van der Waals surface area contributed by atoms with Gasteiger partial charge in [-0.3, -0.25) is 9.78 Å². The fraction of sp³-hybridized carbons (Fsp3) is 0.318. The number of aromatic nitrogens is 4. The number of primary amides is 1. The maximum atomic E-state index is 14.3. The van der Waals surface area contributed by atoms with Gasteiger partial charge in [-0.2, -0.15) is 5.10 Å². The van der Waals surface area contributed by atoms with Crippen LogP contribution in [0, 0.1) is 17.0 Å². The lowest BCUT2D eigenvalue weighted by atomic mass is 9.66. The van der Waals surface area contributed by atoms with Crippen LogP contribution >= 0.6 is 0 Å². The molecule has 2 aliphatic rings. The third-order valence-corrected chi connectivity index (χ3v) is 6.94. The van der Waals surface area contributed by atoms with Crippen molar-refractivity contribution in [3.8, 4) is 11.3 Å². The minimum atomic E-state index is -0.672. The Labute approximate surface area is 171 Å². The molecule has 0 spiro atoms. The Bertz CT molecular complexity index is 1170. The molecular weight excluding hydrogens is 388 g/mol. The molecule has 8 heteroatoms. The van der Waals surface area contributed by atoms with Gasteiger partial charge in [-0.25, -0.2) is 13.8 Å². The van der Waals surface area contributed by atoms with Gasteiger partial charge in [0, 0.05) is 0 Å². The minimum Gasteiger partial charge on any atom is -0.364 e. The van der Waals surface area contributed by atoms with Crippen LogP contribution in [0.25, 0.3) is 11.3 Å². The van der Waals surface area contributed by atoms with E-state index < -0.39 is 23.0 Å². The van der Waals surface area contributed by atoms with E-state index in [1.165, 1.54) is 24.4 Å². The molecule has 1 amide bonds. The van der Waals surface area contributed by atoms with Crippen LogP contribution < -0.4 is 5.73 Å². The SMILES string of the molecule is CC1(C)[C@H]2CC[C@]1(c1cnc(C(N)=O)cn1)c1nnc(-c3c(F)cccc3F)cc12. The summed E-state index contributed by atoms with van der Waals surface area (Å²) in [5, 5.41) is 8.65. The second-order valence-electron chi connectivity index (χ2n) is 8.50. The van der Waals surface area contributed by atoms with Gasteiger partial charge >= 0.3 is 0 Å². The van der Waals surface area contributed by atoms with Crippen molar-refractivity contribution in [2.24, 2.45) is 11.1 Å². The monoisotopic (exact) mass is 407 g/mol. The summed E-state index contributed by atoms with van der Waals surface area (Å²) in [4.78, 5) is 20.1. The first-order valence-electron chi connectivity index (χ1n) is 9.72. The molecular formula is C22H19F2N5O. The number of carbonyl (C=O) groups excluding carboxylic acids is 1. The van der Waals surface area contributed by atoms with Crippen molar-refractivity contribution in [2.45, 2.75) is 38.0 Å². The third-order valence-electron chi connectivity index (χ3n) is 6.94. The number of rotatable bonds is 3. The lowest BCUT2D eigenvalue weighted by Gasteiger charge is -2.37. The molecule has 0 unspecified atom stereocenters. The zero-order chi connectivity index (χ0) is 21.3. The molecule has 1 aromatic carbocycles. The highest BCUT2D eigenvalue weighted by molar-refractivity contribution is 5.90. The van der Waals surface area contributed by atoms with E-state index >= 15 is 0 Å². The van der Waals surface area contributed by atoms with Crippen molar-refractivity contribution in [1.29, 1.82) is 0 Å². The average molecular weight is 407 g/mol. The van der Waals surface area contributed by atoms with Crippen molar-refractivity contribution in [3.05, 3.63) is 70.9 Å². The molecule has 2 heterocycles. The average Bonchev–Trinajstić information content (AvgIpc) is 3.09. The predicted molar refractivity (Wildman–Crippen MR) is 104 cm³/mol. The van der Waals surface area contributed by atoms with Crippen molar-refractivity contribution < 1.29 is 13.6 Å². The minimum absolute atomic E-state index is 0.0946. The summed E-state index contributed by atoms with van der Waals surface area (Å²) in [6.07, 6.45) is 4.63. The van der Waals surface area contributed by atoms with E-state index in [9.17, 15) is 13.6 Å². The molecule has 2 bridgehead atoms. The Hall–Kier alpha value is -3.29. The molecule has 152 valence electrons. The lowest BCUT2D eigenvalue weighted by Crippen LogP contribution is -2.38. The van der Waals surface area contributed by atoms with Gasteiger partial charge in [-0.05, 0) is 47.9 Å². The molecule has 0 saturated heterocycles. The van der Waals surface area contributed by atoms with Gasteiger partial charge in [0.2, 0.25) is 0 Å². The topological polar surface area (TPSA) is 94.7 Å². The summed E-state index contributed by atoms with van der Waals surface area (Å²) in [6.45, 7) is 4.28. The van der Waals surface area contributed by atoms with E-state index in [0.29, 0.717) is 5.69 Å². The van der Waals surface area contributed by atoms with Gasteiger partial charge < -0.3 is 5.73 Å². The number of carbonyl (C=O) groups is 1. The van der Waals surface area contributed by atoms with Gasteiger partial charge in [0.25, 0.3) is 5.91 Å². The van der Waals surface area contributed by atoms with E-state index in [4.69, 9.17) is 5.73 Å². The molecule has 0 radical (unpaired) electrons. The van der Waals surface area contributed by atoms with Crippen LogP contribution in [0.3, 0.4) is 0 Å². The van der Waals surface area contributed by atoms with Crippen LogP contribution in [-0.2, 0) is 5.41 Å². The van der Waals surface area contributed by atoms with E-state index in [0.717, 1.165) is 24.1 Å². The zero-order valence-electron chi connectivity index (χ0n) is 16.5. The summed E-state index contributed by atoms with van der Waals surface area (Å²) >= 11 is 0. The first-order valence-corrected chi connectivity index (χ1v) is 9.72. The molecule has 2 N–H and O–H groups in total. The highest BCUT2D eigenvalue weighted by Crippen LogP contribution is 2.69. The second kappa shape index (κ2) is 6.10. The van der Waals surface area contributed by atoms with Gasteiger partial charge in [0.05, 0.1) is 40.5 Å². The first kappa shape index (κ1) is 18.7. The summed E-state index contributed by atoms with van der Waals surface area (Å²) in [7, 11) is 0. The standard InChI is InChI=1S/C22H19F2N5O/c1-21(2)12-6-7-22(21,17-10-26-16(9-27-17)20(25)30)19-11(12)8-15(28-29-19)18-13(23)4-3-5-14(18)24/h3-5,8-10,12H,6-7H2,1-2H3,(H2,25,30)/t12-,22-/m0/s1. The zero-order valence-corrected chi connectivity index (χ0v) is 16.5. The molecule has 2 atom stereocenters. The van der Waals surface area contributed by atoms with Crippen LogP contribution in [0.4, 0.5) is 8.78 Å². The number of benzene rings is 1. The highest BCUT2D eigenvalue weighted by Gasteiger charge is 2.65. The normalized spacial score (nSPS) is 23.4. The van der Waals surface area contributed by atoms with Gasteiger partial charge in [-0.15, -0.1) is 5.10 Å². The van der Waals surface area contributed by atoms with Gasteiger partial charge in [0.15, 0.2) is 0 Å². The Morgan fingerprint density at radius 3 is 2.50 bits per heavy atom. The van der Waals surface area contributed by atoms with Crippen molar-refractivity contribution in [1.82, 2.24) is 20.2 Å². The molecule has 0 aliphatic heterocycles. The Balaban J connectivity index is 1.69. The van der Waals surface area contributed by atoms with Crippen LogP contribution in [0.1, 0.15) is 60.0 Å². The fourth-order valence-corrected chi connectivity index (χ4v) is 5.43. The molecule has 2 aromatic heterocycles. The molecule has 6 nitrogen and oxygen atoms in total. The van der Waals surface area contributed by atoms with E-state index in [2.05, 4.69) is 34.0 Å². The van der Waals surface area contributed by atoms with Crippen LogP contribution in [-0.4, -0.2) is 26.1 Å². The smallest absolute Gasteiger partial charge is 0.268 e. The summed E-state index contributed by atoms with van der Waals surface area (Å²) < 4.78 is 28.6. The number of halogens is 2. The molecule has 1 fully saturated rings. The van der Waals surface area contributed by atoms with Gasteiger partial charge in [0.1, 0.15) is 17.3 Å².